The maximum atomic E-state index is 13.7. The van der Waals surface area contributed by atoms with Gasteiger partial charge in [0, 0.05) is 22.6 Å². The van der Waals surface area contributed by atoms with Crippen molar-refractivity contribution in [3.05, 3.63) is 115 Å². The smallest absolute Gasteiger partial charge is 0.266 e. The molecule has 1 saturated carbocycles. The van der Waals surface area contributed by atoms with Gasteiger partial charge in [0.25, 0.3) is 17.4 Å². The lowest BCUT2D eigenvalue weighted by molar-refractivity contribution is 0.0878. The van der Waals surface area contributed by atoms with Crippen molar-refractivity contribution in [1.29, 1.82) is 0 Å². The molecule has 5 aromatic rings. The lowest BCUT2D eigenvalue weighted by Gasteiger charge is -2.17. The molecule has 3 aliphatic rings. The Morgan fingerprint density at radius 2 is 1.36 bits per heavy atom. The average Bonchev–Trinajstić information content (AvgIpc) is 3.71. The first-order valence-corrected chi connectivity index (χ1v) is 15.4. The SMILES string of the molecule is Cn1c(C2C(=O)c3cc4cc5c(cc4cc3C2=O)C(=O)N(c2cccc(C3CCCC3)c2)C5=O)nc2ccc(Br)cc2c1=O. The molecule has 1 aliphatic heterocycles. The van der Waals surface area contributed by atoms with E-state index in [2.05, 4.69) is 27.0 Å². The zero-order chi connectivity index (χ0) is 30.4. The van der Waals surface area contributed by atoms with Crippen LogP contribution >= 0.6 is 15.9 Å². The normalized spacial score (nSPS) is 17.0. The number of rotatable bonds is 3. The Bertz CT molecular complexity index is 2160. The minimum atomic E-state index is -1.27. The highest BCUT2D eigenvalue weighted by Crippen LogP contribution is 2.40. The van der Waals surface area contributed by atoms with Crippen molar-refractivity contribution >= 4 is 66.7 Å². The Labute approximate surface area is 259 Å². The van der Waals surface area contributed by atoms with Gasteiger partial charge in [-0.05, 0) is 89.7 Å². The molecule has 9 heteroatoms. The first kappa shape index (κ1) is 26.8. The highest BCUT2D eigenvalue weighted by atomic mass is 79.9. The van der Waals surface area contributed by atoms with Crippen molar-refractivity contribution in [1.82, 2.24) is 9.55 Å². The van der Waals surface area contributed by atoms with E-state index < -0.39 is 29.3 Å². The van der Waals surface area contributed by atoms with E-state index in [-0.39, 0.29) is 33.6 Å². The molecule has 1 aromatic heterocycles. The average molecular weight is 646 g/mol. The third-order valence-electron chi connectivity index (χ3n) is 9.32. The maximum absolute atomic E-state index is 13.7. The van der Waals surface area contributed by atoms with Crippen LogP contribution in [0.5, 0.6) is 0 Å². The number of benzene rings is 4. The molecule has 0 N–H and O–H groups in total. The van der Waals surface area contributed by atoms with Crippen molar-refractivity contribution in [2.75, 3.05) is 4.90 Å². The van der Waals surface area contributed by atoms with E-state index in [0.29, 0.717) is 37.8 Å². The van der Waals surface area contributed by atoms with Crippen LogP contribution in [-0.4, -0.2) is 32.9 Å². The van der Waals surface area contributed by atoms with Crippen LogP contribution in [0.25, 0.3) is 21.7 Å². The van der Waals surface area contributed by atoms with Crippen LogP contribution in [0.3, 0.4) is 0 Å². The summed E-state index contributed by atoms with van der Waals surface area (Å²) in [6.45, 7) is 0. The van der Waals surface area contributed by atoms with Gasteiger partial charge in [-0.25, -0.2) is 9.88 Å². The first-order valence-electron chi connectivity index (χ1n) is 14.6. The van der Waals surface area contributed by atoms with Crippen molar-refractivity contribution in [2.45, 2.75) is 37.5 Å². The molecule has 2 amide bonds. The highest BCUT2D eigenvalue weighted by Gasteiger charge is 2.43. The van der Waals surface area contributed by atoms with Gasteiger partial charge in [-0.2, -0.15) is 0 Å². The Morgan fingerprint density at radius 3 is 2.00 bits per heavy atom. The quantitative estimate of drug-likeness (QED) is 0.164. The zero-order valence-electron chi connectivity index (χ0n) is 23.6. The van der Waals surface area contributed by atoms with Gasteiger partial charge in [0.1, 0.15) is 11.7 Å². The zero-order valence-corrected chi connectivity index (χ0v) is 25.2. The number of carbonyl (C=O) groups is 4. The number of halogens is 1. The van der Waals surface area contributed by atoms with Gasteiger partial charge < -0.3 is 0 Å². The van der Waals surface area contributed by atoms with Crippen LogP contribution < -0.4 is 10.5 Å². The van der Waals surface area contributed by atoms with Crippen molar-refractivity contribution < 1.29 is 19.2 Å². The van der Waals surface area contributed by atoms with E-state index in [1.54, 1.807) is 48.5 Å². The predicted octanol–water partition coefficient (Wildman–Crippen LogP) is 6.47. The molecule has 0 bridgehead atoms. The topological polar surface area (TPSA) is 106 Å². The largest absolute Gasteiger partial charge is 0.298 e. The summed E-state index contributed by atoms with van der Waals surface area (Å²) < 4.78 is 1.97. The number of hydrogen-bond acceptors (Lipinski definition) is 6. The molecule has 1 fully saturated rings. The van der Waals surface area contributed by atoms with Crippen LogP contribution in [0, 0.1) is 0 Å². The number of amides is 2. The van der Waals surface area contributed by atoms with E-state index in [0.717, 1.165) is 18.4 Å². The number of aromatic nitrogens is 2. The summed E-state index contributed by atoms with van der Waals surface area (Å²) in [5.74, 6) is -2.52. The molecular formula is C35H24BrN3O5. The standard InChI is InChI=1S/C35H24BrN3O5/c1-38-32(37-28-10-9-21(36)16-27(28)33(38)42)29-30(40)23-12-19-14-25-26(15-20(19)13-24(23)31(29)41)35(44)39(34(25)43)22-8-4-7-18(11-22)17-5-2-3-6-17/h4,7-17,29H,2-3,5-6H2,1H3. The number of Topliss-reactive ketones (excluding diaryl/α,β-unsaturated/α-hetero) is 2. The minimum Gasteiger partial charge on any atom is -0.298 e. The van der Waals surface area contributed by atoms with Crippen LogP contribution in [0.4, 0.5) is 5.69 Å². The molecule has 0 unspecified atom stereocenters. The number of fused-ring (bicyclic) bond motifs is 4. The Balaban J connectivity index is 1.18. The molecule has 216 valence electrons. The molecule has 8 nitrogen and oxygen atoms in total. The van der Waals surface area contributed by atoms with E-state index in [4.69, 9.17) is 0 Å². The summed E-state index contributed by atoms with van der Waals surface area (Å²) in [4.78, 5) is 73.6. The number of nitrogens with zero attached hydrogens (tertiary/aromatic N) is 3. The van der Waals surface area contributed by atoms with E-state index in [9.17, 15) is 24.0 Å². The van der Waals surface area contributed by atoms with E-state index >= 15 is 0 Å². The Morgan fingerprint density at radius 1 is 0.750 bits per heavy atom. The molecule has 0 atom stereocenters. The fraction of sp³-hybridized carbons (Fsp3) is 0.200. The molecule has 0 saturated heterocycles. The lowest BCUT2D eigenvalue weighted by atomic mass is 9.97. The van der Waals surface area contributed by atoms with Gasteiger partial charge >= 0.3 is 0 Å². The van der Waals surface area contributed by atoms with Gasteiger partial charge in [0.2, 0.25) is 0 Å². The minimum absolute atomic E-state index is 0.0726. The number of anilines is 1. The van der Waals surface area contributed by atoms with Crippen molar-refractivity contribution in [3.63, 3.8) is 0 Å². The fourth-order valence-electron chi connectivity index (χ4n) is 7.04. The number of hydrogen-bond donors (Lipinski definition) is 0. The lowest BCUT2D eigenvalue weighted by Crippen LogP contribution is -2.29. The molecule has 0 spiro atoms. The van der Waals surface area contributed by atoms with Gasteiger partial charge in [-0.1, -0.05) is 40.9 Å². The first-order chi connectivity index (χ1) is 21.2. The third-order valence-corrected chi connectivity index (χ3v) is 9.81. The number of imide groups is 1. The van der Waals surface area contributed by atoms with Gasteiger partial charge in [-0.15, -0.1) is 0 Å². The van der Waals surface area contributed by atoms with Crippen molar-refractivity contribution in [3.8, 4) is 0 Å². The summed E-state index contributed by atoms with van der Waals surface area (Å²) >= 11 is 3.36. The Hall–Kier alpha value is -4.76. The second-order valence-corrected chi connectivity index (χ2v) is 12.7. The van der Waals surface area contributed by atoms with Crippen LogP contribution in [-0.2, 0) is 7.05 Å². The van der Waals surface area contributed by atoms with Crippen LogP contribution in [0.15, 0.2) is 76.0 Å². The predicted molar refractivity (Wildman–Crippen MR) is 169 cm³/mol. The Kier molecular flexibility index (Phi) is 5.87. The second-order valence-electron chi connectivity index (χ2n) is 11.8. The number of ketones is 2. The van der Waals surface area contributed by atoms with Crippen LogP contribution in [0.1, 0.15) is 90.3 Å². The van der Waals surface area contributed by atoms with Crippen molar-refractivity contribution in [2.24, 2.45) is 7.05 Å². The summed E-state index contributed by atoms with van der Waals surface area (Å²) in [7, 11) is 1.50. The molecule has 8 rings (SSSR count). The van der Waals surface area contributed by atoms with Gasteiger partial charge in [-0.3, -0.25) is 28.5 Å². The third kappa shape index (κ3) is 3.81. The summed E-state index contributed by atoms with van der Waals surface area (Å²) in [6, 6.07) is 19.2. The summed E-state index contributed by atoms with van der Waals surface area (Å²) in [6.07, 6.45) is 4.56. The van der Waals surface area contributed by atoms with Crippen LogP contribution in [0.2, 0.25) is 0 Å². The second kappa shape index (κ2) is 9.62. The molecule has 2 aliphatic carbocycles. The van der Waals surface area contributed by atoms with Gasteiger partial charge in [0.15, 0.2) is 11.6 Å². The molecule has 4 aromatic carbocycles. The fourth-order valence-corrected chi connectivity index (χ4v) is 7.40. The molecular weight excluding hydrogens is 622 g/mol. The molecule has 44 heavy (non-hydrogen) atoms. The maximum Gasteiger partial charge on any atom is 0.266 e. The monoisotopic (exact) mass is 645 g/mol. The summed E-state index contributed by atoms with van der Waals surface area (Å²) in [5.41, 5.74) is 2.63. The van der Waals surface area contributed by atoms with Gasteiger partial charge in [0.05, 0.1) is 27.7 Å². The molecule has 0 radical (unpaired) electrons. The van der Waals surface area contributed by atoms with E-state index in [1.165, 1.54) is 29.4 Å². The number of carbonyl (C=O) groups excluding carboxylic acids is 4. The highest BCUT2D eigenvalue weighted by molar-refractivity contribution is 9.10. The summed E-state index contributed by atoms with van der Waals surface area (Å²) in [5, 5.41) is 1.50. The van der Waals surface area contributed by atoms with E-state index in [1.807, 2.05) is 12.1 Å². The molecule has 2 heterocycles.